The first kappa shape index (κ1) is 12.1. The van der Waals surface area contributed by atoms with Gasteiger partial charge >= 0.3 is 5.97 Å². The zero-order chi connectivity index (χ0) is 12.2. The molecule has 0 amide bonds. The lowest BCUT2D eigenvalue weighted by Crippen LogP contribution is -2.39. The van der Waals surface area contributed by atoms with Crippen LogP contribution in [0.3, 0.4) is 0 Å². The van der Waals surface area contributed by atoms with Crippen molar-refractivity contribution in [2.45, 2.75) is 25.8 Å². The highest BCUT2D eigenvalue weighted by molar-refractivity contribution is 5.81. The number of hydrogen-bond acceptors (Lipinski definition) is 3. The average Bonchev–Trinajstić information content (AvgIpc) is 2.21. The molecule has 2 N–H and O–H groups in total. The van der Waals surface area contributed by atoms with E-state index in [1.54, 1.807) is 26.0 Å². The zero-order valence-electron chi connectivity index (χ0n) is 9.32. The van der Waals surface area contributed by atoms with Gasteiger partial charge < -0.3 is 10.4 Å². The highest BCUT2D eigenvalue weighted by atomic mass is 16.4. The summed E-state index contributed by atoms with van der Waals surface area (Å²) in [5.41, 5.74) is 0.645. The van der Waals surface area contributed by atoms with E-state index in [0.717, 1.165) is 11.3 Å². The summed E-state index contributed by atoms with van der Waals surface area (Å²) in [6.45, 7) is 3.19. The van der Waals surface area contributed by atoms with Gasteiger partial charge in [0.15, 0.2) is 0 Å². The van der Waals surface area contributed by atoms with Crippen molar-refractivity contribution in [3.8, 4) is 6.07 Å². The van der Waals surface area contributed by atoms with Gasteiger partial charge in [-0.1, -0.05) is 12.1 Å². The Hall–Kier alpha value is -2.02. The molecule has 4 heteroatoms. The van der Waals surface area contributed by atoms with Crippen LogP contribution in [0, 0.1) is 11.3 Å². The standard InChI is InChI=1S/C12H14N2O2/c1-12(2,11(15)16)14-10-5-3-9(4-6-10)7-8-13/h3-6,14H,7H2,1-2H3,(H,15,16). The molecule has 0 heterocycles. The molecule has 0 saturated carbocycles. The number of nitrogens with zero attached hydrogens (tertiary/aromatic N) is 1. The number of anilines is 1. The van der Waals surface area contributed by atoms with Crippen molar-refractivity contribution in [1.29, 1.82) is 5.26 Å². The Bertz CT molecular complexity index is 416. The first-order valence-corrected chi connectivity index (χ1v) is 4.93. The number of carbonyl (C=O) groups is 1. The van der Waals surface area contributed by atoms with E-state index in [9.17, 15) is 4.79 Å². The summed E-state index contributed by atoms with van der Waals surface area (Å²) in [5.74, 6) is -0.909. The normalized spacial score (nSPS) is 10.6. The predicted molar refractivity (Wildman–Crippen MR) is 61.1 cm³/mol. The minimum Gasteiger partial charge on any atom is -0.480 e. The molecule has 0 spiro atoms. The van der Waals surface area contributed by atoms with Gasteiger partial charge in [0.25, 0.3) is 0 Å². The second-order valence-electron chi connectivity index (χ2n) is 4.09. The van der Waals surface area contributed by atoms with Crippen molar-refractivity contribution in [3.63, 3.8) is 0 Å². The average molecular weight is 218 g/mol. The number of carboxylic acids is 1. The van der Waals surface area contributed by atoms with E-state index in [1.807, 2.05) is 12.1 Å². The molecule has 0 aliphatic heterocycles. The van der Waals surface area contributed by atoms with E-state index < -0.39 is 11.5 Å². The van der Waals surface area contributed by atoms with E-state index in [-0.39, 0.29) is 0 Å². The van der Waals surface area contributed by atoms with Crippen LogP contribution in [-0.2, 0) is 11.2 Å². The van der Waals surface area contributed by atoms with Crippen molar-refractivity contribution in [2.24, 2.45) is 0 Å². The molecule has 0 unspecified atom stereocenters. The lowest BCUT2D eigenvalue weighted by molar-refractivity contribution is -0.141. The minimum atomic E-state index is -1.00. The summed E-state index contributed by atoms with van der Waals surface area (Å²) in [6, 6.07) is 9.22. The molecular weight excluding hydrogens is 204 g/mol. The molecule has 0 bridgehead atoms. The maximum absolute atomic E-state index is 10.9. The fourth-order valence-corrected chi connectivity index (χ4v) is 1.21. The summed E-state index contributed by atoms with van der Waals surface area (Å²) >= 11 is 0. The molecule has 0 aliphatic carbocycles. The number of carboxylic acid groups (broad SMARTS) is 1. The number of hydrogen-bond donors (Lipinski definition) is 2. The van der Waals surface area contributed by atoms with Gasteiger partial charge in [0, 0.05) is 5.69 Å². The van der Waals surface area contributed by atoms with Gasteiger partial charge in [-0.15, -0.1) is 0 Å². The van der Waals surface area contributed by atoms with Crippen LogP contribution < -0.4 is 5.32 Å². The van der Waals surface area contributed by atoms with E-state index >= 15 is 0 Å². The molecule has 0 saturated heterocycles. The second kappa shape index (κ2) is 4.67. The van der Waals surface area contributed by atoms with Gasteiger partial charge in [0.05, 0.1) is 12.5 Å². The van der Waals surface area contributed by atoms with Crippen molar-refractivity contribution in [1.82, 2.24) is 0 Å². The topological polar surface area (TPSA) is 73.1 Å². The van der Waals surface area contributed by atoms with Crippen LogP contribution >= 0.6 is 0 Å². The van der Waals surface area contributed by atoms with Crippen LogP contribution in [0.4, 0.5) is 5.69 Å². The third-order valence-electron chi connectivity index (χ3n) is 2.23. The molecule has 4 nitrogen and oxygen atoms in total. The molecule has 1 aromatic rings. The molecule has 0 atom stereocenters. The highest BCUT2D eigenvalue weighted by Crippen LogP contribution is 2.16. The number of nitriles is 1. The summed E-state index contributed by atoms with van der Waals surface area (Å²) in [7, 11) is 0. The first-order valence-electron chi connectivity index (χ1n) is 4.93. The van der Waals surface area contributed by atoms with Crippen LogP contribution in [0.2, 0.25) is 0 Å². The van der Waals surface area contributed by atoms with Gasteiger partial charge in [0.2, 0.25) is 0 Å². The van der Waals surface area contributed by atoms with Crippen LogP contribution in [0.15, 0.2) is 24.3 Å². The monoisotopic (exact) mass is 218 g/mol. The zero-order valence-corrected chi connectivity index (χ0v) is 9.32. The maximum atomic E-state index is 10.9. The molecule has 84 valence electrons. The summed E-state index contributed by atoms with van der Waals surface area (Å²) in [6.07, 6.45) is 0.364. The van der Waals surface area contributed by atoms with E-state index in [4.69, 9.17) is 10.4 Å². The van der Waals surface area contributed by atoms with Crippen molar-refractivity contribution in [2.75, 3.05) is 5.32 Å². The highest BCUT2D eigenvalue weighted by Gasteiger charge is 2.26. The predicted octanol–water partition coefficient (Wildman–Crippen LogP) is 2.03. The Morgan fingerprint density at radius 3 is 2.44 bits per heavy atom. The molecule has 1 aromatic carbocycles. The van der Waals surface area contributed by atoms with Crippen LogP contribution in [0.25, 0.3) is 0 Å². The smallest absolute Gasteiger partial charge is 0.328 e. The van der Waals surface area contributed by atoms with Crippen molar-refractivity contribution < 1.29 is 9.90 Å². The quantitative estimate of drug-likeness (QED) is 0.811. The third-order valence-corrected chi connectivity index (χ3v) is 2.23. The minimum absolute atomic E-state index is 0.364. The fourth-order valence-electron chi connectivity index (χ4n) is 1.21. The SMILES string of the molecule is CC(C)(Nc1ccc(CC#N)cc1)C(=O)O. The van der Waals surface area contributed by atoms with Gasteiger partial charge in [-0.05, 0) is 31.5 Å². The third kappa shape index (κ3) is 2.99. The maximum Gasteiger partial charge on any atom is 0.328 e. The first-order chi connectivity index (χ1) is 7.45. The number of aliphatic carboxylic acids is 1. The summed E-state index contributed by atoms with van der Waals surface area (Å²) in [4.78, 5) is 10.9. The molecule has 1 rings (SSSR count). The molecule has 0 aliphatic rings. The van der Waals surface area contributed by atoms with Gasteiger partial charge in [0.1, 0.15) is 5.54 Å². The lowest BCUT2D eigenvalue weighted by atomic mass is 10.1. The van der Waals surface area contributed by atoms with Crippen LogP contribution in [0.5, 0.6) is 0 Å². The van der Waals surface area contributed by atoms with E-state index in [1.165, 1.54) is 0 Å². The molecular formula is C12H14N2O2. The lowest BCUT2D eigenvalue weighted by Gasteiger charge is -2.22. The van der Waals surface area contributed by atoms with Crippen LogP contribution in [0.1, 0.15) is 19.4 Å². The Labute approximate surface area is 94.5 Å². The van der Waals surface area contributed by atoms with Gasteiger partial charge in [-0.2, -0.15) is 5.26 Å². The number of rotatable bonds is 4. The van der Waals surface area contributed by atoms with E-state index in [0.29, 0.717) is 6.42 Å². The largest absolute Gasteiger partial charge is 0.480 e. The Kier molecular flexibility index (Phi) is 3.51. The Morgan fingerprint density at radius 1 is 1.44 bits per heavy atom. The van der Waals surface area contributed by atoms with Gasteiger partial charge in [-0.3, -0.25) is 0 Å². The summed E-state index contributed by atoms with van der Waals surface area (Å²) < 4.78 is 0. The number of benzene rings is 1. The van der Waals surface area contributed by atoms with Crippen molar-refractivity contribution in [3.05, 3.63) is 29.8 Å². The Morgan fingerprint density at radius 2 is 2.00 bits per heavy atom. The fraction of sp³-hybridized carbons (Fsp3) is 0.333. The van der Waals surface area contributed by atoms with Crippen LogP contribution in [-0.4, -0.2) is 16.6 Å². The molecule has 16 heavy (non-hydrogen) atoms. The second-order valence-corrected chi connectivity index (χ2v) is 4.09. The molecule has 0 fully saturated rings. The Balaban J connectivity index is 2.77. The molecule has 0 radical (unpaired) electrons. The summed E-state index contributed by atoms with van der Waals surface area (Å²) in [5, 5.41) is 20.3. The number of nitrogens with one attached hydrogen (secondary N) is 1. The molecule has 0 aromatic heterocycles. The van der Waals surface area contributed by atoms with E-state index in [2.05, 4.69) is 11.4 Å². The van der Waals surface area contributed by atoms with Crippen molar-refractivity contribution >= 4 is 11.7 Å². The van der Waals surface area contributed by atoms with Gasteiger partial charge in [-0.25, -0.2) is 4.79 Å².